The lowest BCUT2D eigenvalue weighted by Crippen LogP contribution is -2.44. The van der Waals surface area contributed by atoms with Gasteiger partial charge in [-0.1, -0.05) is 47.0 Å². The van der Waals surface area contributed by atoms with Crippen molar-refractivity contribution in [1.82, 2.24) is 5.32 Å². The predicted octanol–water partition coefficient (Wildman–Crippen LogP) is 3.22. The van der Waals surface area contributed by atoms with Crippen molar-refractivity contribution in [1.29, 1.82) is 0 Å². The van der Waals surface area contributed by atoms with Crippen LogP contribution in [0.15, 0.2) is 34.8 Å². The maximum Gasteiger partial charge on any atom is 0.308 e. The molecule has 1 aliphatic carbocycles. The number of hydrogen-bond donors (Lipinski definition) is 2. The number of hydrogen-bond acceptors (Lipinski definition) is 2. The number of rotatable bonds is 4. The highest BCUT2D eigenvalue weighted by Gasteiger charge is 2.31. The van der Waals surface area contributed by atoms with Gasteiger partial charge in [-0.2, -0.15) is 0 Å². The van der Waals surface area contributed by atoms with E-state index in [1.165, 1.54) is 6.08 Å². The van der Waals surface area contributed by atoms with E-state index in [1.54, 1.807) is 6.08 Å². The molecular formula is C16H18BrNO3. The minimum atomic E-state index is -0.824. The van der Waals surface area contributed by atoms with E-state index < -0.39 is 11.9 Å². The molecule has 0 heterocycles. The summed E-state index contributed by atoms with van der Waals surface area (Å²) in [5, 5.41) is 12.0. The molecule has 1 aromatic rings. The molecule has 2 rings (SSSR count). The molecule has 0 spiro atoms. The fraction of sp³-hybridized carbons (Fsp3) is 0.375. The van der Waals surface area contributed by atoms with Crippen LogP contribution in [0.25, 0.3) is 6.08 Å². The SMILES string of the molecule is O=C(C=Cc1ccccc1Br)NC1CCCCC1C(=O)O. The van der Waals surface area contributed by atoms with Crippen LogP contribution >= 0.6 is 15.9 Å². The Morgan fingerprint density at radius 1 is 1.24 bits per heavy atom. The number of carboxylic acid groups (broad SMARTS) is 1. The summed E-state index contributed by atoms with van der Waals surface area (Å²) in [6, 6.07) is 7.33. The van der Waals surface area contributed by atoms with Gasteiger partial charge in [0.25, 0.3) is 0 Å². The van der Waals surface area contributed by atoms with E-state index in [0.717, 1.165) is 29.3 Å². The summed E-state index contributed by atoms with van der Waals surface area (Å²) in [7, 11) is 0. The largest absolute Gasteiger partial charge is 0.481 e. The normalized spacial score (nSPS) is 22.1. The Hall–Kier alpha value is -1.62. The van der Waals surface area contributed by atoms with Gasteiger partial charge in [0.2, 0.25) is 5.91 Å². The van der Waals surface area contributed by atoms with Crippen molar-refractivity contribution in [3.8, 4) is 0 Å². The summed E-state index contributed by atoms with van der Waals surface area (Å²) in [4.78, 5) is 23.2. The highest BCUT2D eigenvalue weighted by molar-refractivity contribution is 9.10. The minimum absolute atomic E-state index is 0.246. The molecule has 2 N–H and O–H groups in total. The fourth-order valence-electron chi connectivity index (χ4n) is 2.61. The number of halogens is 1. The van der Waals surface area contributed by atoms with Crippen molar-refractivity contribution in [3.63, 3.8) is 0 Å². The average Bonchev–Trinajstić information content (AvgIpc) is 2.47. The molecule has 1 fully saturated rings. The van der Waals surface area contributed by atoms with E-state index in [0.29, 0.717) is 6.42 Å². The molecule has 21 heavy (non-hydrogen) atoms. The van der Waals surface area contributed by atoms with Crippen LogP contribution in [0.4, 0.5) is 0 Å². The van der Waals surface area contributed by atoms with Gasteiger partial charge >= 0.3 is 5.97 Å². The van der Waals surface area contributed by atoms with Gasteiger partial charge < -0.3 is 10.4 Å². The Balaban J connectivity index is 1.97. The quantitative estimate of drug-likeness (QED) is 0.818. The van der Waals surface area contributed by atoms with Crippen LogP contribution < -0.4 is 5.32 Å². The van der Waals surface area contributed by atoms with Crippen LogP contribution in [0.3, 0.4) is 0 Å². The van der Waals surface area contributed by atoms with Crippen LogP contribution in [-0.2, 0) is 9.59 Å². The van der Waals surface area contributed by atoms with E-state index in [2.05, 4.69) is 21.2 Å². The van der Waals surface area contributed by atoms with Gasteiger partial charge in [0.05, 0.1) is 5.92 Å². The van der Waals surface area contributed by atoms with Crippen LogP contribution in [0.2, 0.25) is 0 Å². The molecule has 2 atom stereocenters. The Bertz CT molecular complexity index is 556. The summed E-state index contributed by atoms with van der Waals surface area (Å²) in [6.07, 6.45) is 6.41. The lowest BCUT2D eigenvalue weighted by Gasteiger charge is -2.28. The van der Waals surface area contributed by atoms with Gasteiger partial charge in [-0.05, 0) is 30.5 Å². The summed E-state index contributed by atoms with van der Waals surface area (Å²) in [5.74, 6) is -1.54. The van der Waals surface area contributed by atoms with Crippen molar-refractivity contribution in [2.75, 3.05) is 0 Å². The van der Waals surface area contributed by atoms with Crippen LogP contribution in [0.1, 0.15) is 31.2 Å². The Morgan fingerprint density at radius 2 is 1.95 bits per heavy atom. The van der Waals surface area contributed by atoms with Crippen molar-refractivity contribution in [2.45, 2.75) is 31.7 Å². The molecule has 4 nitrogen and oxygen atoms in total. The summed E-state index contributed by atoms with van der Waals surface area (Å²) in [5.41, 5.74) is 0.908. The molecule has 1 aromatic carbocycles. The van der Waals surface area contributed by atoms with Crippen molar-refractivity contribution in [3.05, 3.63) is 40.4 Å². The van der Waals surface area contributed by atoms with Gasteiger partial charge in [-0.25, -0.2) is 0 Å². The zero-order valence-electron chi connectivity index (χ0n) is 11.6. The Labute approximate surface area is 132 Å². The Kier molecular flexibility index (Phi) is 5.56. The van der Waals surface area contributed by atoms with Gasteiger partial charge in [0.1, 0.15) is 0 Å². The Morgan fingerprint density at radius 3 is 2.67 bits per heavy atom. The molecule has 5 heteroatoms. The number of carbonyl (C=O) groups is 2. The van der Waals surface area contributed by atoms with Gasteiger partial charge in [0.15, 0.2) is 0 Å². The molecule has 0 saturated heterocycles. The van der Waals surface area contributed by atoms with Gasteiger partial charge in [-0.15, -0.1) is 0 Å². The molecule has 2 unspecified atom stereocenters. The molecule has 1 saturated carbocycles. The minimum Gasteiger partial charge on any atom is -0.481 e. The van der Waals surface area contributed by atoms with Crippen LogP contribution in [0.5, 0.6) is 0 Å². The standard InChI is InChI=1S/C16H18BrNO3/c17-13-7-3-1-5-11(13)9-10-15(19)18-14-8-4-2-6-12(14)16(20)21/h1,3,5,7,9-10,12,14H,2,4,6,8H2,(H,18,19)(H,20,21). The first-order valence-corrected chi connectivity index (χ1v) is 7.83. The molecule has 1 aliphatic rings. The van der Waals surface area contributed by atoms with Crippen molar-refractivity contribution >= 4 is 33.9 Å². The third-order valence-electron chi connectivity index (χ3n) is 3.73. The monoisotopic (exact) mass is 351 g/mol. The highest BCUT2D eigenvalue weighted by Crippen LogP contribution is 2.24. The van der Waals surface area contributed by atoms with E-state index in [1.807, 2.05) is 24.3 Å². The highest BCUT2D eigenvalue weighted by atomic mass is 79.9. The zero-order valence-corrected chi connectivity index (χ0v) is 13.2. The van der Waals surface area contributed by atoms with Crippen molar-refractivity contribution in [2.24, 2.45) is 5.92 Å². The van der Waals surface area contributed by atoms with E-state index >= 15 is 0 Å². The maximum atomic E-state index is 12.0. The number of aliphatic carboxylic acids is 1. The van der Waals surface area contributed by atoms with Gasteiger partial charge in [0, 0.05) is 16.6 Å². The second-order valence-corrected chi connectivity index (χ2v) is 6.05. The van der Waals surface area contributed by atoms with E-state index in [9.17, 15) is 14.7 Å². The van der Waals surface area contributed by atoms with Crippen LogP contribution in [-0.4, -0.2) is 23.0 Å². The summed E-state index contributed by atoms with van der Waals surface area (Å²) < 4.78 is 0.912. The van der Waals surface area contributed by atoms with E-state index in [-0.39, 0.29) is 11.9 Å². The average molecular weight is 352 g/mol. The molecule has 0 bridgehead atoms. The third-order valence-corrected chi connectivity index (χ3v) is 4.45. The fourth-order valence-corrected chi connectivity index (χ4v) is 3.02. The first kappa shape index (κ1) is 15.8. The van der Waals surface area contributed by atoms with Gasteiger partial charge in [-0.3, -0.25) is 9.59 Å². The lowest BCUT2D eigenvalue weighted by atomic mass is 9.84. The number of benzene rings is 1. The number of amides is 1. The first-order chi connectivity index (χ1) is 10.1. The van der Waals surface area contributed by atoms with Crippen LogP contribution in [0, 0.1) is 5.92 Å². The lowest BCUT2D eigenvalue weighted by molar-refractivity contribution is -0.144. The number of nitrogens with one attached hydrogen (secondary N) is 1. The summed E-state index contributed by atoms with van der Waals surface area (Å²) >= 11 is 3.41. The number of carboxylic acids is 1. The molecule has 0 radical (unpaired) electrons. The topological polar surface area (TPSA) is 66.4 Å². The molecule has 0 aliphatic heterocycles. The van der Waals surface area contributed by atoms with E-state index in [4.69, 9.17) is 0 Å². The molecule has 112 valence electrons. The summed E-state index contributed by atoms with van der Waals surface area (Å²) in [6.45, 7) is 0. The second-order valence-electron chi connectivity index (χ2n) is 5.20. The number of carbonyl (C=O) groups excluding carboxylic acids is 1. The maximum absolute atomic E-state index is 12.0. The third kappa shape index (κ3) is 4.43. The zero-order chi connectivity index (χ0) is 15.2. The molecule has 1 amide bonds. The smallest absolute Gasteiger partial charge is 0.308 e. The molecular weight excluding hydrogens is 334 g/mol. The predicted molar refractivity (Wildman–Crippen MR) is 84.7 cm³/mol. The van der Waals surface area contributed by atoms with Crippen molar-refractivity contribution < 1.29 is 14.7 Å². The second kappa shape index (κ2) is 7.41. The first-order valence-electron chi connectivity index (χ1n) is 7.04. The molecule has 0 aromatic heterocycles.